The number of phenolic OH excluding ortho intramolecular Hbond substituents is 1. The monoisotopic (exact) mass is 405 g/mol. The van der Waals surface area contributed by atoms with E-state index < -0.39 is 23.1 Å². The van der Waals surface area contributed by atoms with Crippen molar-refractivity contribution in [3.8, 4) is 17.0 Å². The first-order valence-electron chi connectivity index (χ1n) is 9.53. The second-order valence-corrected chi connectivity index (χ2v) is 8.13. The second kappa shape index (κ2) is 6.73. The van der Waals surface area contributed by atoms with Crippen LogP contribution in [0.1, 0.15) is 49.8 Å². The zero-order valence-corrected chi connectivity index (χ0v) is 16.2. The van der Waals surface area contributed by atoms with Crippen molar-refractivity contribution in [2.75, 3.05) is 0 Å². The molecular weight excluding hydrogens is 383 g/mol. The number of fused-ring (bicyclic) bond motifs is 1. The minimum atomic E-state index is -4.53. The Balaban J connectivity index is 1.68. The maximum Gasteiger partial charge on any atom is 0.416 e. The Morgan fingerprint density at radius 3 is 2.48 bits per heavy atom. The molecule has 29 heavy (non-hydrogen) atoms. The zero-order valence-electron chi connectivity index (χ0n) is 16.2. The highest BCUT2D eigenvalue weighted by molar-refractivity contribution is 5.80. The van der Waals surface area contributed by atoms with Gasteiger partial charge in [0.2, 0.25) is 0 Å². The summed E-state index contributed by atoms with van der Waals surface area (Å²) in [7, 11) is 0. The molecule has 0 saturated heterocycles. The lowest BCUT2D eigenvalue weighted by atomic mass is 9.84. The summed E-state index contributed by atoms with van der Waals surface area (Å²) in [5, 5.41) is 25.7. The molecule has 1 fully saturated rings. The predicted octanol–water partition coefficient (Wildman–Crippen LogP) is 5.00. The molecule has 1 aliphatic carbocycles. The fraction of sp³-hybridized carbons (Fsp3) is 0.429. The number of halogens is 3. The van der Waals surface area contributed by atoms with Crippen LogP contribution in [-0.4, -0.2) is 30.6 Å². The molecule has 0 spiro atoms. The van der Waals surface area contributed by atoms with Crippen LogP contribution in [0.25, 0.3) is 22.3 Å². The summed E-state index contributed by atoms with van der Waals surface area (Å²) in [6, 6.07) is 5.38. The normalized spacial score (nSPS) is 22.9. The molecule has 4 rings (SSSR count). The van der Waals surface area contributed by atoms with Gasteiger partial charge in [-0.1, -0.05) is 0 Å². The summed E-state index contributed by atoms with van der Waals surface area (Å²) < 4.78 is 40.7. The molecule has 0 amide bonds. The number of aliphatic hydroxyl groups is 1. The largest absolute Gasteiger partial charge is 0.507 e. The Kier molecular flexibility index (Phi) is 4.57. The molecule has 0 bridgehead atoms. The number of hydrogen-bond donors (Lipinski definition) is 2. The first-order chi connectivity index (χ1) is 13.5. The topological polar surface area (TPSA) is 71.2 Å². The van der Waals surface area contributed by atoms with E-state index in [9.17, 15) is 23.4 Å². The van der Waals surface area contributed by atoms with Gasteiger partial charge in [-0.05, 0) is 69.4 Å². The quantitative estimate of drug-likeness (QED) is 0.630. The standard InChI is InChI=1S/C21H22F3N3O2/c1-12-9-14(21(22,23)24)10-17(28)18(12)16-4-3-13-11-27(26-19(13)25-16)15-5-7-20(2,29)8-6-15/h3-4,9-11,15,28-29H,5-8H2,1-2H3. The van der Waals surface area contributed by atoms with Crippen molar-refractivity contribution in [1.82, 2.24) is 14.8 Å². The van der Waals surface area contributed by atoms with E-state index in [2.05, 4.69) is 10.1 Å². The molecule has 1 saturated carbocycles. The molecule has 2 aromatic heterocycles. The molecular formula is C21H22F3N3O2. The number of hydrogen-bond acceptors (Lipinski definition) is 4. The summed E-state index contributed by atoms with van der Waals surface area (Å²) in [6.07, 6.45) is 0.396. The minimum absolute atomic E-state index is 0.175. The third kappa shape index (κ3) is 3.81. The average molecular weight is 405 g/mol. The van der Waals surface area contributed by atoms with Gasteiger partial charge in [0.15, 0.2) is 5.65 Å². The van der Waals surface area contributed by atoms with Crippen LogP contribution in [0.2, 0.25) is 0 Å². The summed E-state index contributed by atoms with van der Waals surface area (Å²) in [5.74, 6) is -0.460. The first kappa shape index (κ1) is 19.7. The van der Waals surface area contributed by atoms with Gasteiger partial charge in [0.25, 0.3) is 0 Å². The maximum atomic E-state index is 13.0. The van der Waals surface area contributed by atoms with Crippen molar-refractivity contribution in [1.29, 1.82) is 0 Å². The van der Waals surface area contributed by atoms with Gasteiger partial charge in [-0.3, -0.25) is 4.68 Å². The van der Waals surface area contributed by atoms with E-state index in [0.29, 0.717) is 24.2 Å². The number of alkyl halides is 3. The molecule has 1 aromatic carbocycles. The first-order valence-corrected chi connectivity index (χ1v) is 9.53. The van der Waals surface area contributed by atoms with Gasteiger partial charge in [0.1, 0.15) is 5.75 Å². The fourth-order valence-corrected chi connectivity index (χ4v) is 4.00. The summed E-state index contributed by atoms with van der Waals surface area (Å²) in [5.41, 5.74) is -0.126. The molecule has 1 aliphatic rings. The minimum Gasteiger partial charge on any atom is -0.507 e. The van der Waals surface area contributed by atoms with Crippen molar-refractivity contribution < 1.29 is 23.4 Å². The van der Waals surface area contributed by atoms with Crippen LogP contribution in [0.3, 0.4) is 0 Å². The maximum absolute atomic E-state index is 13.0. The Hall–Kier alpha value is -2.61. The van der Waals surface area contributed by atoms with Gasteiger partial charge in [0.05, 0.1) is 22.9 Å². The van der Waals surface area contributed by atoms with Crippen molar-refractivity contribution in [3.63, 3.8) is 0 Å². The number of phenols is 1. The predicted molar refractivity (Wildman–Crippen MR) is 102 cm³/mol. The fourth-order valence-electron chi connectivity index (χ4n) is 4.00. The van der Waals surface area contributed by atoms with Crippen LogP contribution >= 0.6 is 0 Å². The van der Waals surface area contributed by atoms with E-state index in [1.165, 1.54) is 6.92 Å². The van der Waals surface area contributed by atoms with E-state index in [0.717, 1.165) is 30.4 Å². The van der Waals surface area contributed by atoms with Crippen molar-refractivity contribution in [3.05, 3.63) is 41.6 Å². The van der Waals surface area contributed by atoms with E-state index >= 15 is 0 Å². The number of nitrogens with zero attached hydrogens (tertiary/aromatic N) is 3. The number of pyridine rings is 1. The second-order valence-electron chi connectivity index (χ2n) is 8.13. The van der Waals surface area contributed by atoms with Crippen LogP contribution in [0, 0.1) is 6.92 Å². The van der Waals surface area contributed by atoms with E-state index in [1.807, 2.05) is 17.8 Å². The molecule has 154 valence electrons. The Labute approximate surface area is 165 Å². The third-order valence-corrected chi connectivity index (χ3v) is 5.69. The average Bonchev–Trinajstić information content (AvgIpc) is 3.03. The lowest BCUT2D eigenvalue weighted by Crippen LogP contribution is -2.31. The van der Waals surface area contributed by atoms with Gasteiger partial charge in [0, 0.05) is 17.1 Å². The number of benzene rings is 1. The van der Waals surface area contributed by atoms with Gasteiger partial charge in [-0.25, -0.2) is 4.98 Å². The zero-order chi connectivity index (χ0) is 21.0. The van der Waals surface area contributed by atoms with Crippen LogP contribution in [0.5, 0.6) is 5.75 Å². The molecule has 3 aromatic rings. The Morgan fingerprint density at radius 1 is 1.17 bits per heavy atom. The Bertz CT molecular complexity index is 1040. The molecule has 0 atom stereocenters. The van der Waals surface area contributed by atoms with Gasteiger partial charge >= 0.3 is 6.18 Å². The summed E-state index contributed by atoms with van der Waals surface area (Å²) in [4.78, 5) is 4.48. The number of aromatic nitrogens is 3. The third-order valence-electron chi connectivity index (χ3n) is 5.69. The molecule has 0 radical (unpaired) electrons. The molecule has 5 nitrogen and oxygen atoms in total. The lowest BCUT2D eigenvalue weighted by molar-refractivity contribution is -0.137. The molecule has 2 heterocycles. The van der Waals surface area contributed by atoms with E-state index in [4.69, 9.17) is 0 Å². The molecule has 0 unspecified atom stereocenters. The van der Waals surface area contributed by atoms with E-state index in [-0.39, 0.29) is 17.2 Å². The molecule has 0 aliphatic heterocycles. The highest BCUT2D eigenvalue weighted by Gasteiger charge is 2.32. The summed E-state index contributed by atoms with van der Waals surface area (Å²) in [6.45, 7) is 3.36. The van der Waals surface area contributed by atoms with Crippen LogP contribution in [-0.2, 0) is 6.18 Å². The number of rotatable bonds is 2. The van der Waals surface area contributed by atoms with Crippen LogP contribution in [0.4, 0.5) is 13.2 Å². The number of aromatic hydroxyl groups is 1. The van der Waals surface area contributed by atoms with E-state index in [1.54, 1.807) is 12.1 Å². The van der Waals surface area contributed by atoms with Crippen molar-refractivity contribution in [2.45, 2.75) is 57.3 Å². The van der Waals surface area contributed by atoms with Crippen molar-refractivity contribution in [2.24, 2.45) is 0 Å². The van der Waals surface area contributed by atoms with Crippen molar-refractivity contribution >= 4 is 11.0 Å². The number of aryl methyl sites for hydroxylation is 1. The molecule has 2 N–H and O–H groups in total. The highest BCUT2D eigenvalue weighted by atomic mass is 19.4. The highest BCUT2D eigenvalue weighted by Crippen LogP contribution is 2.39. The smallest absolute Gasteiger partial charge is 0.416 e. The van der Waals surface area contributed by atoms with Gasteiger partial charge < -0.3 is 10.2 Å². The van der Waals surface area contributed by atoms with Gasteiger partial charge in [-0.2, -0.15) is 18.3 Å². The lowest BCUT2D eigenvalue weighted by Gasteiger charge is -2.32. The summed E-state index contributed by atoms with van der Waals surface area (Å²) >= 11 is 0. The SMILES string of the molecule is Cc1cc(C(F)(F)F)cc(O)c1-c1ccc2cn(C3CCC(C)(O)CC3)nc2n1. The Morgan fingerprint density at radius 2 is 1.86 bits per heavy atom. The van der Waals surface area contributed by atoms with Crippen LogP contribution < -0.4 is 0 Å². The molecule has 8 heteroatoms. The van der Waals surface area contributed by atoms with Crippen LogP contribution in [0.15, 0.2) is 30.5 Å². The van der Waals surface area contributed by atoms with Gasteiger partial charge in [-0.15, -0.1) is 0 Å².